The van der Waals surface area contributed by atoms with Crippen LogP contribution in [-0.4, -0.2) is 17.4 Å². The molecule has 123 valence electrons. The minimum Gasteiger partial charge on any atom is -0.188 e. The van der Waals surface area contributed by atoms with E-state index in [1.165, 1.54) is 24.3 Å². The molecule has 0 heterocycles. The summed E-state index contributed by atoms with van der Waals surface area (Å²) >= 11 is -0.833. The molecule has 0 aliphatic rings. The molecule has 0 aromatic heterocycles. The zero-order valence-electron chi connectivity index (χ0n) is 11.2. The SMILES string of the molecule is FC(F)(F)C(F)(F)C(F)(F)Sc1ccc[c]c1-c1ccccc1. The molecule has 1 radical (unpaired) electrons. The first-order valence-corrected chi connectivity index (χ1v) is 6.95. The topological polar surface area (TPSA) is 0 Å². The van der Waals surface area contributed by atoms with Crippen LogP contribution >= 0.6 is 11.8 Å². The van der Waals surface area contributed by atoms with Crippen molar-refractivity contribution < 1.29 is 30.7 Å². The average Bonchev–Trinajstić information content (AvgIpc) is 2.47. The van der Waals surface area contributed by atoms with Crippen LogP contribution in [0.3, 0.4) is 0 Å². The van der Waals surface area contributed by atoms with E-state index in [-0.39, 0.29) is 5.56 Å². The molecule has 2 rings (SSSR count). The highest BCUT2D eigenvalue weighted by Gasteiger charge is 2.73. The maximum absolute atomic E-state index is 13.6. The summed E-state index contributed by atoms with van der Waals surface area (Å²) < 4.78 is 89.8. The van der Waals surface area contributed by atoms with Crippen molar-refractivity contribution in [1.82, 2.24) is 0 Å². The van der Waals surface area contributed by atoms with Gasteiger partial charge in [0.2, 0.25) is 0 Å². The highest BCUT2D eigenvalue weighted by Crippen LogP contribution is 2.54. The summed E-state index contributed by atoms with van der Waals surface area (Å²) in [4.78, 5) is -0.423. The molecule has 0 aliphatic heterocycles. The van der Waals surface area contributed by atoms with Gasteiger partial charge in [-0.3, -0.25) is 0 Å². The molecule has 0 N–H and O–H groups in total. The van der Waals surface area contributed by atoms with Crippen LogP contribution in [0.2, 0.25) is 0 Å². The van der Waals surface area contributed by atoms with Crippen LogP contribution in [0.4, 0.5) is 30.7 Å². The monoisotopic (exact) mass is 353 g/mol. The number of halogens is 7. The lowest BCUT2D eigenvalue weighted by atomic mass is 10.1. The molecule has 0 saturated carbocycles. The Labute approximate surface area is 131 Å². The average molecular weight is 353 g/mol. The van der Waals surface area contributed by atoms with Gasteiger partial charge < -0.3 is 0 Å². The Morgan fingerprint density at radius 2 is 1.39 bits per heavy atom. The Hall–Kier alpha value is -1.70. The van der Waals surface area contributed by atoms with Crippen LogP contribution in [-0.2, 0) is 0 Å². The molecule has 8 heteroatoms. The number of rotatable bonds is 4. The van der Waals surface area contributed by atoms with Crippen molar-refractivity contribution in [3.63, 3.8) is 0 Å². The fourth-order valence-corrected chi connectivity index (χ4v) is 2.65. The molecule has 0 nitrogen and oxygen atoms in total. The van der Waals surface area contributed by atoms with E-state index >= 15 is 0 Å². The van der Waals surface area contributed by atoms with E-state index in [0.29, 0.717) is 5.56 Å². The Bertz CT molecular complexity index is 665. The van der Waals surface area contributed by atoms with Crippen molar-refractivity contribution in [2.45, 2.75) is 22.2 Å². The number of benzene rings is 2. The van der Waals surface area contributed by atoms with E-state index in [9.17, 15) is 30.7 Å². The van der Waals surface area contributed by atoms with Gasteiger partial charge in [0, 0.05) is 10.5 Å². The molecule has 0 saturated heterocycles. The van der Waals surface area contributed by atoms with Crippen molar-refractivity contribution in [2.24, 2.45) is 0 Å². The van der Waals surface area contributed by atoms with Crippen molar-refractivity contribution >= 4 is 11.8 Å². The predicted octanol–water partition coefficient (Wildman–Crippen LogP) is 6.04. The van der Waals surface area contributed by atoms with E-state index in [0.717, 1.165) is 6.07 Å². The third-order valence-corrected chi connectivity index (χ3v) is 3.91. The molecule has 0 fully saturated rings. The molecule has 0 aliphatic carbocycles. The number of thioether (sulfide) groups is 1. The molecule has 0 atom stereocenters. The third kappa shape index (κ3) is 3.46. The Morgan fingerprint density at radius 3 is 1.96 bits per heavy atom. The van der Waals surface area contributed by atoms with E-state index in [4.69, 9.17) is 0 Å². The Morgan fingerprint density at radius 1 is 0.783 bits per heavy atom. The highest BCUT2D eigenvalue weighted by atomic mass is 32.2. The zero-order chi connectivity index (χ0) is 17.3. The van der Waals surface area contributed by atoms with Gasteiger partial charge in [-0.15, -0.1) is 0 Å². The predicted molar refractivity (Wildman–Crippen MR) is 72.5 cm³/mol. The van der Waals surface area contributed by atoms with Gasteiger partial charge in [0.15, 0.2) is 0 Å². The molecule has 2 aromatic rings. The van der Waals surface area contributed by atoms with Gasteiger partial charge in [-0.05, 0) is 29.5 Å². The van der Waals surface area contributed by atoms with Crippen LogP contribution in [0.25, 0.3) is 11.1 Å². The lowest BCUT2D eigenvalue weighted by Crippen LogP contribution is -2.49. The summed E-state index contributed by atoms with van der Waals surface area (Å²) in [5.41, 5.74) is 0.400. The normalized spacial score (nSPS) is 13.2. The number of hydrogen-bond acceptors (Lipinski definition) is 1. The van der Waals surface area contributed by atoms with Gasteiger partial charge >= 0.3 is 17.4 Å². The summed E-state index contributed by atoms with van der Waals surface area (Å²) in [7, 11) is 0. The maximum atomic E-state index is 13.6. The summed E-state index contributed by atoms with van der Waals surface area (Å²) in [6, 6.07) is 14.0. The van der Waals surface area contributed by atoms with Crippen molar-refractivity contribution in [1.29, 1.82) is 0 Å². The smallest absolute Gasteiger partial charge is 0.188 e. The van der Waals surface area contributed by atoms with Crippen LogP contribution in [0, 0.1) is 6.07 Å². The largest absolute Gasteiger partial charge is 0.460 e. The van der Waals surface area contributed by atoms with E-state index < -0.39 is 34.0 Å². The lowest BCUT2D eigenvalue weighted by molar-refractivity contribution is -0.330. The summed E-state index contributed by atoms with van der Waals surface area (Å²) in [6.07, 6.45) is -6.35. The summed E-state index contributed by atoms with van der Waals surface area (Å²) in [5, 5.41) is -5.36. The fraction of sp³-hybridized carbons (Fsp3) is 0.200. The Balaban J connectivity index is 2.42. The summed E-state index contributed by atoms with van der Waals surface area (Å²) in [6.45, 7) is 0. The molecule has 23 heavy (non-hydrogen) atoms. The minimum atomic E-state index is -6.35. The fourth-order valence-electron chi connectivity index (χ4n) is 1.70. The van der Waals surface area contributed by atoms with Gasteiger partial charge in [0.25, 0.3) is 0 Å². The molecule has 0 bridgehead atoms. The van der Waals surface area contributed by atoms with E-state index in [1.54, 1.807) is 18.2 Å². The van der Waals surface area contributed by atoms with Crippen molar-refractivity contribution in [3.05, 3.63) is 54.6 Å². The third-order valence-electron chi connectivity index (χ3n) is 2.84. The molecule has 0 unspecified atom stereocenters. The number of alkyl halides is 7. The van der Waals surface area contributed by atoms with Gasteiger partial charge in [-0.2, -0.15) is 30.7 Å². The zero-order valence-corrected chi connectivity index (χ0v) is 12.0. The van der Waals surface area contributed by atoms with Gasteiger partial charge in [-0.25, -0.2) is 0 Å². The summed E-state index contributed by atoms with van der Waals surface area (Å²) in [5.74, 6) is -6.16. The standard InChI is InChI=1S/C15H8F7S/c16-13(17,14(18,19)20)15(21,22)23-12-9-5-4-8-11(12)10-6-2-1-3-7-10/h1-7,9H. The van der Waals surface area contributed by atoms with Crippen molar-refractivity contribution in [2.75, 3.05) is 0 Å². The molecule has 0 amide bonds. The van der Waals surface area contributed by atoms with E-state index in [1.807, 2.05) is 0 Å². The van der Waals surface area contributed by atoms with Gasteiger partial charge in [0.1, 0.15) is 0 Å². The second kappa shape index (κ2) is 6.07. The minimum absolute atomic E-state index is 0.0238. The maximum Gasteiger partial charge on any atom is 0.460 e. The van der Waals surface area contributed by atoms with Crippen LogP contribution in [0.1, 0.15) is 0 Å². The highest BCUT2D eigenvalue weighted by molar-refractivity contribution is 8.00. The van der Waals surface area contributed by atoms with Crippen LogP contribution in [0.15, 0.2) is 53.4 Å². The Kier molecular flexibility index (Phi) is 4.66. The molecule has 0 spiro atoms. The van der Waals surface area contributed by atoms with Crippen LogP contribution < -0.4 is 0 Å². The quantitative estimate of drug-likeness (QED) is 0.477. The number of hydrogen-bond donors (Lipinski definition) is 0. The first-order valence-electron chi connectivity index (χ1n) is 6.14. The molecular formula is C15H8F7S. The first-order chi connectivity index (χ1) is 10.6. The lowest BCUT2D eigenvalue weighted by Gasteiger charge is -2.28. The van der Waals surface area contributed by atoms with Crippen molar-refractivity contribution in [3.8, 4) is 11.1 Å². The second-order valence-corrected chi connectivity index (χ2v) is 5.62. The van der Waals surface area contributed by atoms with Gasteiger partial charge in [-0.1, -0.05) is 42.5 Å². The van der Waals surface area contributed by atoms with E-state index in [2.05, 4.69) is 6.07 Å². The first kappa shape index (κ1) is 17.7. The van der Waals surface area contributed by atoms with Crippen LogP contribution in [0.5, 0.6) is 0 Å². The molecular weight excluding hydrogens is 345 g/mol. The second-order valence-electron chi connectivity index (χ2n) is 4.47. The van der Waals surface area contributed by atoms with Gasteiger partial charge in [0.05, 0.1) is 0 Å². The molecule has 2 aromatic carbocycles.